The van der Waals surface area contributed by atoms with E-state index < -0.39 is 18.1 Å². The lowest BCUT2D eigenvalue weighted by Gasteiger charge is -2.18. The zero-order valence-electron chi connectivity index (χ0n) is 18.5. The lowest BCUT2D eigenvalue weighted by atomic mass is 9.98. The summed E-state index contributed by atoms with van der Waals surface area (Å²) in [7, 11) is 0. The molecule has 7 nitrogen and oxygen atoms in total. The number of rotatable bonds is 8. The summed E-state index contributed by atoms with van der Waals surface area (Å²) >= 11 is 0. The van der Waals surface area contributed by atoms with Crippen molar-refractivity contribution in [2.45, 2.75) is 50.6 Å². The minimum atomic E-state index is -0.947. The van der Waals surface area contributed by atoms with E-state index in [2.05, 4.69) is 34.9 Å². The molecule has 0 bridgehead atoms. The summed E-state index contributed by atoms with van der Waals surface area (Å²) in [6.07, 6.45) is 2.62. The van der Waals surface area contributed by atoms with Crippen LogP contribution in [0.2, 0.25) is 0 Å². The molecule has 33 heavy (non-hydrogen) atoms. The van der Waals surface area contributed by atoms with Crippen LogP contribution < -0.4 is 10.6 Å². The van der Waals surface area contributed by atoms with Gasteiger partial charge < -0.3 is 20.5 Å². The molecule has 0 fully saturated rings. The van der Waals surface area contributed by atoms with Crippen LogP contribution in [0.4, 0.5) is 4.79 Å². The smallest absolute Gasteiger partial charge is 0.407 e. The molecule has 2 aromatic carbocycles. The van der Waals surface area contributed by atoms with Gasteiger partial charge in [0, 0.05) is 23.6 Å². The molecule has 2 amide bonds. The van der Waals surface area contributed by atoms with E-state index in [1.165, 1.54) is 11.1 Å². The van der Waals surface area contributed by atoms with Crippen LogP contribution in [0.15, 0.2) is 60.2 Å². The number of carboxylic acids is 1. The highest BCUT2D eigenvalue weighted by Gasteiger charge is 2.30. The second-order valence-corrected chi connectivity index (χ2v) is 8.51. The molecule has 0 radical (unpaired) electrons. The van der Waals surface area contributed by atoms with Crippen LogP contribution >= 0.6 is 0 Å². The molecule has 7 heteroatoms. The highest BCUT2D eigenvalue weighted by Crippen LogP contribution is 2.44. The van der Waals surface area contributed by atoms with Crippen molar-refractivity contribution in [3.8, 4) is 11.1 Å². The minimum absolute atomic E-state index is 0.00796. The number of hydrogen-bond acceptors (Lipinski definition) is 4. The number of fused-ring (bicyclic) bond motifs is 3. The average Bonchev–Trinajstić information content (AvgIpc) is 3.39. The first-order valence-corrected chi connectivity index (χ1v) is 11.3. The van der Waals surface area contributed by atoms with Crippen LogP contribution in [0.1, 0.15) is 49.7 Å². The first-order valence-electron chi connectivity index (χ1n) is 11.3. The number of amides is 2. The molecule has 0 aromatic heterocycles. The standard InChI is InChI=1S/C26H28N2O5/c1-2-17(14-24(29)30)27-25(31)16-11-12-18(13-16)28-26(32)33-15-23-21-9-5-3-7-19(21)20-8-4-6-10-22(20)23/h3-11,17-18,23H,2,12-15H2,1H3,(H,27,31)(H,28,32)(H,29,30)/t17-,18?/m0/s1. The fourth-order valence-electron chi connectivity index (χ4n) is 4.61. The topological polar surface area (TPSA) is 105 Å². The molecule has 3 N–H and O–H groups in total. The van der Waals surface area contributed by atoms with Gasteiger partial charge in [-0.1, -0.05) is 61.5 Å². The molecular weight excluding hydrogens is 420 g/mol. The monoisotopic (exact) mass is 448 g/mol. The van der Waals surface area contributed by atoms with E-state index in [1.54, 1.807) is 6.08 Å². The number of carboxylic acid groups (broad SMARTS) is 1. The Bertz CT molecular complexity index is 1050. The Morgan fingerprint density at radius 3 is 2.30 bits per heavy atom. The quantitative estimate of drug-likeness (QED) is 0.567. The minimum Gasteiger partial charge on any atom is -0.481 e. The molecular formula is C26H28N2O5. The van der Waals surface area contributed by atoms with Gasteiger partial charge >= 0.3 is 12.1 Å². The van der Waals surface area contributed by atoms with Crippen molar-refractivity contribution >= 4 is 18.0 Å². The fourth-order valence-corrected chi connectivity index (χ4v) is 4.61. The lowest BCUT2D eigenvalue weighted by Crippen LogP contribution is -2.38. The lowest BCUT2D eigenvalue weighted by molar-refractivity contribution is -0.137. The van der Waals surface area contributed by atoms with Crippen molar-refractivity contribution in [1.82, 2.24) is 10.6 Å². The zero-order valence-corrected chi connectivity index (χ0v) is 18.5. The third-order valence-electron chi connectivity index (χ3n) is 6.32. The van der Waals surface area contributed by atoms with Crippen molar-refractivity contribution in [2.24, 2.45) is 0 Å². The largest absolute Gasteiger partial charge is 0.481 e. The second kappa shape index (κ2) is 9.90. The maximum atomic E-state index is 12.5. The molecule has 0 heterocycles. The summed E-state index contributed by atoms with van der Waals surface area (Å²) in [5, 5.41) is 14.6. The molecule has 2 aliphatic carbocycles. The van der Waals surface area contributed by atoms with Crippen molar-refractivity contribution < 1.29 is 24.2 Å². The average molecular weight is 449 g/mol. The van der Waals surface area contributed by atoms with Crippen LogP contribution in [-0.4, -0.2) is 41.8 Å². The van der Waals surface area contributed by atoms with Gasteiger partial charge in [-0.2, -0.15) is 0 Å². The third kappa shape index (κ3) is 5.08. The third-order valence-corrected chi connectivity index (χ3v) is 6.32. The van der Waals surface area contributed by atoms with E-state index in [1.807, 2.05) is 31.2 Å². The Morgan fingerprint density at radius 1 is 1.06 bits per heavy atom. The second-order valence-electron chi connectivity index (χ2n) is 8.51. The van der Waals surface area contributed by atoms with Crippen LogP contribution in [-0.2, 0) is 14.3 Å². The Morgan fingerprint density at radius 2 is 1.70 bits per heavy atom. The zero-order chi connectivity index (χ0) is 23.4. The number of carbonyl (C=O) groups excluding carboxylic acids is 2. The number of ether oxygens (including phenoxy) is 1. The van der Waals surface area contributed by atoms with Gasteiger partial charge in [-0.25, -0.2) is 4.79 Å². The maximum absolute atomic E-state index is 12.5. The van der Waals surface area contributed by atoms with E-state index in [4.69, 9.17) is 9.84 Å². The van der Waals surface area contributed by atoms with Crippen molar-refractivity contribution in [2.75, 3.05) is 6.61 Å². The van der Waals surface area contributed by atoms with Crippen LogP contribution in [0.5, 0.6) is 0 Å². The first-order chi connectivity index (χ1) is 16.0. The molecule has 172 valence electrons. The number of benzene rings is 2. The Kier molecular flexibility index (Phi) is 6.77. The highest BCUT2D eigenvalue weighted by molar-refractivity contribution is 5.94. The first kappa shape index (κ1) is 22.6. The fraction of sp³-hybridized carbons (Fsp3) is 0.346. The Hall–Kier alpha value is -3.61. The molecule has 0 saturated heterocycles. The number of alkyl carbamates (subject to hydrolysis) is 1. The van der Waals surface area contributed by atoms with Gasteiger partial charge in [0.1, 0.15) is 6.61 Å². The molecule has 0 spiro atoms. The van der Waals surface area contributed by atoms with Gasteiger partial charge in [0.15, 0.2) is 0 Å². The summed E-state index contributed by atoms with van der Waals surface area (Å²) < 4.78 is 5.58. The van der Waals surface area contributed by atoms with Gasteiger partial charge in [-0.15, -0.1) is 0 Å². The van der Waals surface area contributed by atoms with E-state index in [0.29, 0.717) is 24.8 Å². The summed E-state index contributed by atoms with van der Waals surface area (Å²) in [5.41, 5.74) is 5.21. The number of aliphatic carboxylic acids is 1. The summed E-state index contributed by atoms with van der Waals surface area (Å²) in [4.78, 5) is 35.8. The van der Waals surface area contributed by atoms with Crippen molar-refractivity contribution in [3.63, 3.8) is 0 Å². The molecule has 0 saturated carbocycles. The van der Waals surface area contributed by atoms with Gasteiger partial charge in [-0.3, -0.25) is 9.59 Å². The van der Waals surface area contributed by atoms with Gasteiger partial charge in [-0.05, 0) is 41.5 Å². The van der Waals surface area contributed by atoms with E-state index in [9.17, 15) is 14.4 Å². The van der Waals surface area contributed by atoms with Gasteiger partial charge in [0.05, 0.1) is 6.42 Å². The molecule has 0 aliphatic heterocycles. The molecule has 1 unspecified atom stereocenters. The van der Waals surface area contributed by atoms with Crippen molar-refractivity contribution in [1.29, 1.82) is 0 Å². The maximum Gasteiger partial charge on any atom is 0.407 e. The molecule has 2 aromatic rings. The number of nitrogens with one attached hydrogen (secondary N) is 2. The molecule has 4 rings (SSSR count). The summed E-state index contributed by atoms with van der Waals surface area (Å²) in [6, 6.07) is 15.7. The highest BCUT2D eigenvalue weighted by atomic mass is 16.5. The van der Waals surface area contributed by atoms with Crippen LogP contribution in [0.3, 0.4) is 0 Å². The normalized spacial score (nSPS) is 17.5. The van der Waals surface area contributed by atoms with E-state index in [-0.39, 0.29) is 30.9 Å². The van der Waals surface area contributed by atoms with Crippen LogP contribution in [0.25, 0.3) is 11.1 Å². The number of hydrogen-bond donors (Lipinski definition) is 3. The SMILES string of the molecule is CC[C@@H](CC(=O)O)NC(=O)C1=CCC(NC(=O)OCC2c3ccccc3-c3ccccc32)C1. The number of carbonyl (C=O) groups is 3. The Labute approximate surface area is 192 Å². The summed E-state index contributed by atoms with van der Waals surface area (Å²) in [6.45, 7) is 2.07. The molecule has 2 aliphatic rings. The van der Waals surface area contributed by atoms with Crippen LogP contribution in [0, 0.1) is 0 Å². The van der Waals surface area contributed by atoms with E-state index in [0.717, 1.165) is 11.1 Å². The summed E-state index contributed by atoms with van der Waals surface area (Å²) in [5.74, 6) is -1.23. The van der Waals surface area contributed by atoms with Gasteiger partial charge in [0.2, 0.25) is 5.91 Å². The van der Waals surface area contributed by atoms with Crippen molar-refractivity contribution in [3.05, 3.63) is 71.3 Å². The van der Waals surface area contributed by atoms with Gasteiger partial charge in [0.25, 0.3) is 0 Å². The van der Waals surface area contributed by atoms with E-state index >= 15 is 0 Å². The Balaban J connectivity index is 1.29. The predicted molar refractivity (Wildman–Crippen MR) is 124 cm³/mol. The molecule has 2 atom stereocenters. The predicted octanol–water partition coefficient (Wildman–Crippen LogP) is 3.98.